The smallest absolute Gasteiger partial charge is 0.0622 e. The fourth-order valence-corrected chi connectivity index (χ4v) is 20.3. The average molecular weight is 1690 g/mol. The van der Waals surface area contributed by atoms with E-state index in [1.165, 1.54) is 77.9 Å². The summed E-state index contributed by atoms with van der Waals surface area (Å²) >= 11 is 0. The van der Waals surface area contributed by atoms with Crippen LogP contribution in [-0.2, 0) is 5.41 Å². The normalized spacial score (nSPS) is 11.8. The largest absolute Gasteiger partial charge is 0.0714 e. The third-order valence-corrected chi connectivity index (χ3v) is 26.8. The first-order valence-corrected chi connectivity index (χ1v) is 46.0. The van der Waals surface area contributed by atoms with Gasteiger partial charge in [0.05, 0.1) is 5.41 Å². The molecule has 1 aliphatic carbocycles. The molecule has 0 aliphatic heterocycles. The quantitative estimate of drug-likeness (QED) is 0.0713. The second-order valence-electron chi connectivity index (χ2n) is 35.0. The van der Waals surface area contributed by atoms with Crippen molar-refractivity contribution in [3.63, 3.8) is 0 Å². The SMILES string of the molecule is c1ccc(-c2cc(-c3ccccc3)cc(-c3cccc(-c4cc(-c5cccc(-c6cc(-c7ccccc7)cc(-c7ccccc7)c6)c5)cc(C5(c6cc(-c7cccc(-c8cc(-c9ccccc9)cc(-c9ccccc9)c8)c7)cc(-c7cccc(-c8cc(-c9ccccc9)cc(-c9ccccc9)c8)c7)c6)c6ccccc6-c6c(-c7cccc(-c8ccccc8)c7)cccc65)c4)c3)c2)cc1. The van der Waals surface area contributed by atoms with Crippen LogP contribution in [0.1, 0.15) is 22.3 Å². The minimum atomic E-state index is -1.04. The van der Waals surface area contributed by atoms with Crippen molar-refractivity contribution in [1.82, 2.24) is 0 Å². The summed E-state index contributed by atoms with van der Waals surface area (Å²) in [6.07, 6.45) is 0. The molecule has 22 aromatic carbocycles. The van der Waals surface area contributed by atoms with Crippen molar-refractivity contribution in [3.8, 4) is 211 Å². The van der Waals surface area contributed by atoms with Crippen LogP contribution in [0, 0.1) is 0 Å². The van der Waals surface area contributed by atoms with Crippen LogP contribution in [0.25, 0.3) is 211 Å². The van der Waals surface area contributed by atoms with Gasteiger partial charge in [-0.15, -0.1) is 0 Å². The zero-order chi connectivity index (χ0) is 88.4. The predicted molar refractivity (Wildman–Crippen MR) is 562 cm³/mol. The van der Waals surface area contributed by atoms with Gasteiger partial charge in [-0.05, 0) is 373 Å². The van der Waals surface area contributed by atoms with E-state index in [2.05, 4.69) is 546 Å². The molecule has 22 aromatic rings. The Morgan fingerprint density at radius 2 is 0.233 bits per heavy atom. The van der Waals surface area contributed by atoms with Gasteiger partial charge in [-0.1, -0.05) is 406 Å². The van der Waals surface area contributed by atoms with E-state index in [4.69, 9.17) is 0 Å². The summed E-state index contributed by atoms with van der Waals surface area (Å²) in [5.74, 6) is 0. The molecule has 133 heavy (non-hydrogen) atoms. The van der Waals surface area contributed by atoms with E-state index in [-0.39, 0.29) is 0 Å². The van der Waals surface area contributed by atoms with Crippen LogP contribution in [0.3, 0.4) is 0 Å². The van der Waals surface area contributed by atoms with Crippen LogP contribution < -0.4 is 0 Å². The molecular formula is C133H90. The van der Waals surface area contributed by atoms with Gasteiger partial charge >= 0.3 is 0 Å². The molecule has 0 nitrogen and oxygen atoms in total. The van der Waals surface area contributed by atoms with Crippen LogP contribution in [0.15, 0.2) is 546 Å². The van der Waals surface area contributed by atoms with Crippen molar-refractivity contribution in [3.05, 3.63) is 568 Å². The average Bonchev–Trinajstić information content (AvgIpc) is 1.53. The van der Waals surface area contributed by atoms with Crippen LogP contribution in [-0.4, -0.2) is 0 Å². The van der Waals surface area contributed by atoms with Crippen LogP contribution in [0.5, 0.6) is 0 Å². The Hall–Kier alpha value is -17.2. The first kappa shape index (κ1) is 80.4. The van der Waals surface area contributed by atoms with Crippen molar-refractivity contribution >= 4 is 0 Å². The minimum absolute atomic E-state index is 1.04. The molecule has 0 heteroatoms. The number of benzene rings is 22. The molecule has 0 saturated carbocycles. The van der Waals surface area contributed by atoms with Gasteiger partial charge in [0.25, 0.3) is 0 Å². The third kappa shape index (κ3) is 16.0. The Labute approximate surface area is 779 Å². The van der Waals surface area contributed by atoms with Crippen LogP contribution in [0.4, 0.5) is 0 Å². The molecular weight excluding hydrogens is 1600 g/mol. The number of hydrogen-bond donors (Lipinski definition) is 0. The van der Waals surface area contributed by atoms with Crippen molar-refractivity contribution in [2.24, 2.45) is 0 Å². The molecule has 0 spiro atoms. The molecule has 0 heterocycles. The highest BCUT2D eigenvalue weighted by molar-refractivity contribution is 5.99. The summed E-state index contributed by atoms with van der Waals surface area (Å²) in [5, 5.41) is 0. The lowest BCUT2D eigenvalue weighted by molar-refractivity contribution is 0.770. The number of hydrogen-bond acceptors (Lipinski definition) is 0. The zero-order valence-corrected chi connectivity index (χ0v) is 73.5. The van der Waals surface area contributed by atoms with E-state index in [1.807, 2.05) is 0 Å². The molecule has 0 atom stereocenters. The van der Waals surface area contributed by atoms with Gasteiger partial charge in [-0.2, -0.15) is 0 Å². The van der Waals surface area contributed by atoms with Gasteiger partial charge < -0.3 is 0 Å². The molecule has 1 aliphatic rings. The molecule has 0 N–H and O–H groups in total. The Balaban J connectivity index is 0.805. The summed E-state index contributed by atoms with van der Waals surface area (Å²) in [4.78, 5) is 0. The molecule has 0 amide bonds. The summed E-state index contributed by atoms with van der Waals surface area (Å²) < 4.78 is 0. The fraction of sp³-hybridized carbons (Fsp3) is 0.00752. The van der Waals surface area contributed by atoms with Gasteiger partial charge in [0, 0.05) is 0 Å². The summed E-state index contributed by atoms with van der Waals surface area (Å²) in [6.45, 7) is 0. The lowest BCUT2D eigenvalue weighted by Crippen LogP contribution is -2.29. The van der Waals surface area contributed by atoms with E-state index in [9.17, 15) is 0 Å². The Morgan fingerprint density at radius 1 is 0.0902 bits per heavy atom. The second-order valence-corrected chi connectivity index (χ2v) is 35.0. The van der Waals surface area contributed by atoms with Crippen LogP contribution >= 0.6 is 0 Å². The lowest BCUT2D eigenvalue weighted by atomic mass is 9.66. The van der Waals surface area contributed by atoms with E-state index in [0.717, 1.165) is 156 Å². The van der Waals surface area contributed by atoms with Gasteiger partial charge in [-0.3, -0.25) is 0 Å². The standard InChI is InChI=1S/C133H90/c1-10-36-91(37-11-1)100-54-34-63-109(72-100)128-65-35-67-131-132(128)129-64-28-29-66-130(129)133(131,126-87-122(105-59-30-55-101(68-105)118-77-110(92-38-12-2-13-39-92)73-111(78-118)93-40-14-3-15-41-93)85-123(88-126)106-60-31-56-102(69-106)119-79-112(94-42-16-4-17-43-94)74-113(80-119)95-44-18-5-19-45-95)127-89-124(107-61-32-57-103(70-107)120-81-114(96-46-20-6-21-47-96)75-115(82-120)97-48-22-7-23-49-97)86-125(90-127)108-62-33-58-104(71-108)121-83-116(98-50-24-8-25-51-98)76-117(84-121)99-52-26-9-27-53-99/h1-90H. The fourth-order valence-electron chi connectivity index (χ4n) is 20.3. The molecule has 0 fully saturated rings. The number of fused-ring (bicyclic) bond motifs is 3. The minimum Gasteiger partial charge on any atom is -0.0622 e. The highest BCUT2D eigenvalue weighted by Crippen LogP contribution is 2.61. The van der Waals surface area contributed by atoms with E-state index in [1.54, 1.807) is 0 Å². The molecule has 0 unspecified atom stereocenters. The van der Waals surface area contributed by atoms with Gasteiger partial charge in [0.15, 0.2) is 0 Å². The van der Waals surface area contributed by atoms with E-state index in [0.29, 0.717) is 0 Å². The monoisotopic (exact) mass is 1690 g/mol. The maximum atomic E-state index is 2.56. The molecule has 0 radical (unpaired) electrons. The van der Waals surface area contributed by atoms with Crippen molar-refractivity contribution in [2.45, 2.75) is 5.41 Å². The van der Waals surface area contributed by atoms with Gasteiger partial charge in [-0.25, -0.2) is 0 Å². The number of rotatable bonds is 20. The summed E-state index contributed by atoms with van der Waals surface area (Å²) in [5.41, 5.74) is 47.0. The molecule has 23 rings (SSSR count). The Bertz CT molecular complexity index is 7040. The summed E-state index contributed by atoms with van der Waals surface area (Å²) in [7, 11) is 0. The van der Waals surface area contributed by atoms with Crippen LogP contribution in [0.2, 0.25) is 0 Å². The van der Waals surface area contributed by atoms with Crippen molar-refractivity contribution in [1.29, 1.82) is 0 Å². The predicted octanol–water partition coefficient (Wildman–Crippen LogP) is 36.1. The first-order chi connectivity index (χ1) is 65.8. The molecule has 622 valence electrons. The maximum absolute atomic E-state index is 2.56. The maximum Gasteiger partial charge on any atom is 0.0714 e. The highest BCUT2D eigenvalue weighted by Gasteiger charge is 2.48. The third-order valence-electron chi connectivity index (χ3n) is 26.8. The lowest BCUT2D eigenvalue weighted by Gasteiger charge is -2.35. The first-order valence-electron chi connectivity index (χ1n) is 46.0. The van der Waals surface area contributed by atoms with Crippen molar-refractivity contribution in [2.75, 3.05) is 0 Å². The molecule has 0 saturated heterocycles. The van der Waals surface area contributed by atoms with E-state index >= 15 is 0 Å². The Morgan fingerprint density at radius 3 is 0.474 bits per heavy atom. The van der Waals surface area contributed by atoms with Gasteiger partial charge in [0.1, 0.15) is 0 Å². The Kier molecular flexibility index (Phi) is 21.4. The van der Waals surface area contributed by atoms with Crippen molar-refractivity contribution < 1.29 is 0 Å². The molecule has 0 aromatic heterocycles. The van der Waals surface area contributed by atoms with E-state index < -0.39 is 5.41 Å². The zero-order valence-electron chi connectivity index (χ0n) is 73.5. The highest BCUT2D eigenvalue weighted by atomic mass is 14.5. The van der Waals surface area contributed by atoms with Gasteiger partial charge in [0.2, 0.25) is 0 Å². The second kappa shape index (κ2) is 35.5. The molecule has 0 bridgehead atoms. The topological polar surface area (TPSA) is 0 Å². The summed E-state index contributed by atoms with van der Waals surface area (Å²) in [6, 6.07) is 204.